The van der Waals surface area contributed by atoms with Gasteiger partial charge >= 0.3 is 0 Å². The Hall–Kier alpha value is 1.49. The summed E-state index contributed by atoms with van der Waals surface area (Å²) in [5, 5.41) is 0. The van der Waals surface area contributed by atoms with Crippen LogP contribution < -0.4 is 0 Å². The van der Waals surface area contributed by atoms with E-state index in [9.17, 15) is 0 Å². The molecule has 0 fully saturated rings. The number of hydrogen-bond acceptors (Lipinski definition) is 7. The van der Waals surface area contributed by atoms with Gasteiger partial charge in [0, 0.05) is 11.0 Å². The van der Waals surface area contributed by atoms with Crippen molar-refractivity contribution in [2.75, 3.05) is 26.4 Å². The van der Waals surface area contributed by atoms with Crippen molar-refractivity contribution in [1.29, 1.82) is 0 Å². The molecule has 0 aromatic rings. The highest BCUT2D eigenvalue weighted by molar-refractivity contribution is 8.96. The van der Waals surface area contributed by atoms with Crippen molar-refractivity contribution < 1.29 is 18.1 Å². The highest BCUT2D eigenvalue weighted by Gasteiger charge is 2.32. The third kappa shape index (κ3) is 14.2. The summed E-state index contributed by atoms with van der Waals surface area (Å²) in [6.45, 7) is 10.5. The lowest BCUT2D eigenvalue weighted by atomic mass is 10.2. The molecule has 4 nitrogen and oxygen atoms in total. The van der Waals surface area contributed by atoms with Crippen LogP contribution in [-0.2, 0) is 41.7 Å². The first-order valence-corrected chi connectivity index (χ1v) is 16.7. The molecule has 0 saturated heterocycles. The van der Waals surface area contributed by atoms with Gasteiger partial charge < -0.3 is 18.1 Å². The fraction of sp³-hybridized carbons (Fsp3) is 1.00. The fourth-order valence-corrected chi connectivity index (χ4v) is 17.2. The van der Waals surface area contributed by atoms with Gasteiger partial charge in [-0.15, -0.1) is 0 Å². The van der Waals surface area contributed by atoms with Crippen LogP contribution in [0.4, 0.5) is 0 Å². The molecule has 0 heterocycles. The molecule has 0 aliphatic carbocycles. The van der Waals surface area contributed by atoms with Crippen molar-refractivity contribution in [2.24, 2.45) is 0 Å². The van der Waals surface area contributed by atoms with Crippen LogP contribution in [0.1, 0.15) is 79.1 Å². The van der Waals surface area contributed by atoms with Crippen molar-refractivity contribution in [3.8, 4) is 0 Å². The zero-order valence-corrected chi connectivity index (χ0v) is 20.5. The van der Waals surface area contributed by atoms with Gasteiger partial charge in [-0.1, -0.05) is 52.4 Å². The summed E-state index contributed by atoms with van der Waals surface area (Å²) in [5.74, 6) is 0. The zero-order valence-electron chi connectivity index (χ0n) is 16.2. The van der Waals surface area contributed by atoms with E-state index in [-0.39, 0.29) is 0 Å². The molecule has 152 valence electrons. The number of rotatable bonds is 18. The lowest BCUT2D eigenvalue weighted by Crippen LogP contribution is -1.99. The quantitative estimate of drug-likeness (QED) is 0.159. The van der Waals surface area contributed by atoms with E-state index in [0.29, 0.717) is 26.4 Å². The molecule has 0 amide bonds. The van der Waals surface area contributed by atoms with Gasteiger partial charge in [-0.2, -0.15) is 0 Å². The van der Waals surface area contributed by atoms with Crippen LogP contribution in [-0.4, -0.2) is 26.4 Å². The Labute approximate surface area is 169 Å². The molecule has 0 aromatic carbocycles. The maximum absolute atomic E-state index is 5.97. The second kappa shape index (κ2) is 16.4. The predicted octanol–water partition coefficient (Wildman–Crippen LogP) is 7.44. The van der Waals surface area contributed by atoms with Crippen LogP contribution in [0, 0.1) is 0 Å². The first-order chi connectivity index (χ1) is 11.9. The van der Waals surface area contributed by atoms with E-state index in [1.54, 1.807) is 0 Å². The van der Waals surface area contributed by atoms with Crippen LogP contribution in [0.15, 0.2) is 0 Å². The molecule has 25 heavy (non-hydrogen) atoms. The van der Waals surface area contributed by atoms with E-state index < -0.39 is 11.4 Å². The Morgan fingerprint density at radius 2 is 1.00 bits per heavy atom. The first-order valence-electron chi connectivity index (χ1n) is 9.44. The lowest BCUT2D eigenvalue weighted by Gasteiger charge is -2.27. The molecule has 0 aliphatic rings. The van der Waals surface area contributed by atoms with Gasteiger partial charge in [0.1, 0.15) is 0 Å². The smallest absolute Gasteiger partial charge is 0.256 e. The maximum Gasteiger partial charge on any atom is 0.256 e. The Bertz CT molecular complexity index is 375. The van der Waals surface area contributed by atoms with Crippen LogP contribution in [0.3, 0.4) is 0 Å². The molecule has 2 unspecified atom stereocenters. The van der Waals surface area contributed by atoms with E-state index in [2.05, 4.69) is 13.8 Å². The van der Waals surface area contributed by atoms with Gasteiger partial charge in [0.2, 0.25) is 0 Å². The van der Waals surface area contributed by atoms with Crippen molar-refractivity contribution in [2.45, 2.75) is 79.1 Å². The summed E-state index contributed by atoms with van der Waals surface area (Å²) in [6, 6.07) is 0. The van der Waals surface area contributed by atoms with E-state index >= 15 is 0 Å². The average molecular weight is 451 g/mol. The molecule has 2 atom stereocenters. The van der Waals surface area contributed by atoms with Gasteiger partial charge in [-0.3, -0.25) is 0 Å². The summed E-state index contributed by atoms with van der Waals surface area (Å²) in [5.41, 5.74) is -5.07. The molecule has 0 spiro atoms. The maximum atomic E-state index is 5.97. The molecule has 0 aliphatic heterocycles. The van der Waals surface area contributed by atoms with E-state index in [1.807, 2.05) is 13.8 Å². The summed E-state index contributed by atoms with van der Waals surface area (Å²) < 4.78 is 23.5. The first kappa shape index (κ1) is 26.5. The molecule has 9 heteroatoms. The molecule has 0 aromatic heterocycles. The van der Waals surface area contributed by atoms with Crippen LogP contribution in [0.25, 0.3) is 0 Å². The van der Waals surface area contributed by atoms with Crippen LogP contribution in [0.2, 0.25) is 0 Å². The summed E-state index contributed by atoms with van der Waals surface area (Å²) in [7, 11) is 0. The number of unbranched alkanes of at least 4 members (excludes halogenated alkanes) is 6. The monoisotopic (exact) mass is 450 g/mol. The topological polar surface area (TPSA) is 36.9 Å². The molecule has 0 N–H and O–H groups in total. The van der Waals surface area contributed by atoms with Crippen molar-refractivity contribution in [3.63, 3.8) is 0 Å². The summed E-state index contributed by atoms with van der Waals surface area (Å²) in [6.07, 6.45) is 9.12. The third-order valence-electron chi connectivity index (χ3n) is 3.27. The predicted molar refractivity (Wildman–Crippen MR) is 120 cm³/mol. The van der Waals surface area contributed by atoms with Crippen molar-refractivity contribution in [3.05, 3.63) is 0 Å². The normalized spacial score (nSPS) is 16.5. The zero-order chi connectivity index (χ0) is 19.0. The van der Waals surface area contributed by atoms with Crippen molar-refractivity contribution in [1.82, 2.24) is 0 Å². The van der Waals surface area contributed by atoms with Gasteiger partial charge in [0.25, 0.3) is 11.4 Å². The third-order valence-corrected chi connectivity index (χ3v) is 16.7. The minimum absolute atomic E-state index is 0.511. The van der Waals surface area contributed by atoms with Crippen molar-refractivity contribution >= 4 is 46.0 Å². The average Bonchev–Trinajstić information content (AvgIpc) is 2.54. The molecular weight excluding hydrogens is 414 g/mol. The number of hydrogen-bond donors (Lipinski definition) is 0. The van der Waals surface area contributed by atoms with Gasteiger partial charge in [0.15, 0.2) is 0 Å². The Morgan fingerprint density at radius 3 is 1.32 bits per heavy atom. The van der Waals surface area contributed by atoms with E-state index in [0.717, 1.165) is 25.7 Å². The highest BCUT2D eigenvalue weighted by Crippen LogP contribution is 2.79. The van der Waals surface area contributed by atoms with Gasteiger partial charge in [0.05, 0.1) is 26.4 Å². The molecular formula is C16H36O4P2S3. The largest absolute Gasteiger partial charge is 0.322 e. The van der Waals surface area contributed by atoms with E-state index in [4.69, 9.17) is 41.7 Å². The van der Waals surface area contributed by atoms with Gasteiger partial charge in [-0.25, -0.2) is 0 Å². The second-order valence-corrected chi connectivity index (χ2v) is 17.7. The summed E-state index contributed by atoms with van der Waals surface area (Å²) in [4.78, 5) is 0. The lowest BCUT2D eigenvalue weighted by molar-refractivity contribution is 0.259. The summed E-state index contributed by atoms with van der Waals surface area (Å²) >= 11 is 12.7. The fourth-order valence-electron chi connectivity index (χ4n) is 2.02. The Kier molecular flexibility index (Phi) is 17.4. The minimum Gasteiger partial charge on any atom is -0.322 e. The Morgan fingerprint density at radius 1 is 0.600 bits per heavy atom. The molecule has 0 rings (SSSR count). The standard InChI is InChI=1S/C16H36O4P2S3/c1-5-9-11-13-15-19-21(23,17-7-3)25-22(24,18-8-4)20-16-14-12-10-6-2/h5-16H2,1-4H3. The van der Waals surface area contributed by atoms with Crippen LogP contribution >= 0.6 is 22.4 Å². The van der Waals surface area contributed by atoms with Crippen LogP contribution in [0.5, 0.6) is 0 Å². The van der Waals surface area contributed by atoms with E-state index in [1.165, 1.54) is 36.7 Å². The molecule has 0 radical (unpaired) electrons. The minimum atomic E-state index is -2.54. The van der Waals surface area contributed by atoms with Gasteiger partial charge in [-0.05, 0) is 50.3 Å². The second-order valence-electron chi connectivity index (χ2n) is 5.60. The molecule has 0 saturated carbocycles. The SMILES string of the molecule is CCCCCCOP(=S)(OCC)SP(=S)(OCC)OCCCCCC. The molecule has 0 bridgehead atoms. The highest BCUT2D eigenvalue weighted by atomic mass is 33.2. The Balaban J connectivity index is 4.63.